The van der Waals surface area contributed by atoms with E-state index in [2.05, 4.69) is 10.3 Å². The number of H-pyrrole nitrogens is 1. The number of hydrogen-bond acceptors (Lipinski definition) is 2. The van der Waals surface area contributed by atoms with E-state index in [4.69, 9.17) is 0 Å². The second-order valence-electron chi connectivity index (χ2n) is 6.91. The lowest BCUT2D eigenvalue weighted by molar-refractivity contribution is -0.128. The van der Waals surface area contributed by atoms with E-state index < -0.39 is 0 Å². The van der Waals surface area contributed by atoms with Crippen molar-refractivity contribution in [2.45, 2.75) is 25.4 Å². The predicted molar refractivity (Wildman–Crippen MR) is 100 cm³/mol. The van der Waals surface area contributed by atoms with Crippen LogP contribution in [0.2, 0.25) is 0 Å². The number of likely N-dealkylation sites (tertiary alicyclic amines) is 1. The molecule has 2 aromatic carbocycles. The van der Waals surface area contributed by atoms with Crippen LogP contribution in [0.5, 0.6) is 0 Å². The van der Waals surface area contributed by atoms with Crippen molar-refractivity contribution in [2.75, 3.05) is 6.54 Å². The minimum absolute atomic E-state index is 0.0309. The number of nitrogens with zero attached hydrogens (tertiary/aromatic N) is 1. The summed E-state index contributed by atoms with van der Waals surface area (Å²) < 4.78 is 13.3. The Bertz CT molecular complexity index is 998. The van der Waals surface area contributed by atoms with Crippen molar-refractivity contribution < 1.29 is 14.0 Å². The number of halogens is 1. The highest BCUT2D eigenvalue weighted by Gasteiger charge is 2.30. The van der Waals surface area contributed by atoms with Crippen molar-refractivity contribution in [1.82, 2.24) is 15.2 Å². The van der Waals surface area contributed by atoms with E-state index in [9.17, 15) is 14.0 Å². The third-order valence-electron chi connectivity index (χ3n) is 4.87. The molecular formula is C21H20FN3O2. The molecule has 1 aliphatic heterocycles. The molecule has 2 amide bonds. The topological polar surface area (TPSA) is 65.2 Å². The molecule has 1 fully saturated rings. The van der Waals surface area contributed by atoms with E-state index in [-0.39, 0.29) is 36.5 Å². The number of nitrogens with one attached hydrogen (secondary N) is 2. The van der Waals surface area contributed by atoms with Gasteiger partial charge in [-0.3, -0.25) is 9.59 Å². The number of aromatic amines is 1. The molecule has 27 heavy (non-hydrogen) atoms. The number of fused-ring (bicyclic) bond motifs is 1. The lowest BCUT2D eigenvalue weighted by Crippen LogP contribution is -2.37. The maximum Gasteiger partial charge on any atom is 0.225 e. The molecule has 2 heterocycles. The summed E-state index contributed by atoms with van der Waals surface area (Å²) in [7, 11) is 0. The van der Waals surface area contributed by atoms with Gasteiger partial charge in [0.2, 0.25) is 11.8 Å². The van der Waals surface area contributed by atoms with Crippen LogP contribution < -0.4 is 5.32 Å². The van der Waals surface area contributed by atoms with Gasteiger partial charge in [0.25, 0.3) is 0 Å². The molecule has 1 aromatic heterocycles. The quantitative estimate of drug-likeness (QED) is 0.730. The minimum Gasteiger partial charge on any atom is -0.361 e. The fourth-order valence-electron chi connectivity index (χ4n) is 3.61. The summed E-state index contributed by atoms with van der Waals surface area (Å²) in [5.74, 6) is -0.454. The number of hydrogen-bond donors (Lipinski definition) is 2. The summed E-state index contributed by atoms with van der Waals surface area (Å²) in [4.78, 5) is 29.5. The van der Waals surface area contributed by atoms with E-state index in [1.165, 1.54) is 12.1 Å². The Hall–Kier alpha value is -3.15. The highest BCUT2D eigenvalue weighted by molar-refractivity contribution is 5.89. The average molecular weight is 365 g/mol. The van der Waals surface area contributed by atoms with E-state index in [1.807, 2.05) is 30.5 Å². The van der Waals surface area contributed by atoms with Gasteiger partial charge in [-0.2, -0.15) is 0 Å². The number of aromatic nitrogens is 1. The zero-order valence-corrected chi connectivity index (χ0v) is 14.7. The number of carbonyl (C=O) groups excluding carboxylic acids is 2. The molecule has 0 radical (unpaired) electrons. The standard InChI is InChI=1S/C21H20FN3O2/c22-16-5-3-4-14(8-16)12-25-13-17(10-21(25)27)24-20(26)9-15-11-23-19-7-2-1-6-18(15)19/h1-8,11,17,23H,9-10,12-13H2,(H,24,26). The lowest BCUT2D eigenvalue weighted by atomic mass is 10.1. The number of amides is 2. The molecule has 0 saturated carbocycles. The van der Waals surface area contributed by atoms with Crippen LogP contribution in [0.25, 0.3) is 10.9 Å². The van der Waals surface area contributed by atoms with Gasteiger partial charge in [-0.1, -0.05) is 30.3 Å². The minimum atomic E-state index is -0.317. The van der Waals surface area contributed by atoms with Gasteiger partial charge >= 0.3 is 0 Å². The molecule has 4 rings (SSSR count). The van der Waals surface area contributed by atoms with Crippen LogP contribution in [0, 0.1) is 5.82 Å². The largest absolute Gasteiger partial charge is 0.361 e. The van der Waals surface area contributed by atoms with E-state index in [0.29, 0.717) is 13.1 Å². The van der Waals surface area contributed by atoms with Crippen molar-refractivity contribution in [1.29, 1.82) is 0 Å². The molecule has 1 unspecified atom stereocenters. The van der Waals surface area contributed by atoms with Gasteiger partial charge in [-0.15, -0.1) is 0 Å². The second-order valence-corrected chi connectivity index (χ2v) is 6.91. The Morgan fingerprint density at radius 3 is 2.93 bits per heavy atom. The van der Waals surface area contributed by atoms with Gasteiger partial charge in [0.15, 0.2) is 0 Å². The normalized spacial score (nSPS) is 16.9. The number of carbonyl (C=O) groups is 2. The molecule has 1 saturated heterocycles. The average Bonchev–Trinajstić information content (AvgIpc) is 3.19. The predicted octanol–water partition coefficient (Wildman–Crippen LogP) is 2.77. The molecule has 1 aliphatic rings. The van der Waals surface area contributed by atoms with Crippen LogP contribution in [0.15, 0.2) is 54.7 Å². The summed E-state index contributed by atoms with van der Waals surface area (Å²) in [5, 5.41) is 3.98. The van der Waals surface area contributed by atoms with Gasteiger partial charge in [-0.25, -0.2) is 4.39 Å². The lowest BCUT2D eigenvalue weighted by Gasteiger charge is -2.17. The zero-order chi connectivity index (χ0) is 18.8. The molecule has 0 bridgehead atoms. The first-order chi connectivity index (χ1) is 13.1. The highest BCUT2D eigenvalue weighted by atomic mass is 19.1. The van der Waals surface area contributed by atoms with Crippen LogP contribution in [0.1, 0.15) is 17.5 Å². The van der Waals surface area contributed by atoms with Gasteiger partial charge in [0, 0.05) is 36.6 Å². The highest BCUT2D eigenvalue weighted by Crippen LogP contribution is 2.19. The smallest absolute Gasteiger partial charge is 0.225 e. The Balaban J connectivity index is 1.36. The van der Waals surface area contributed by atoms with Crippen LogP contribution in [-0.4, -0.2) is 34.3 Å². The number of rotatable bonds is 5. The van der Waals surface area contributed by atoms with Crippen molar-refractivity contribution in [3.63, 3.8) is 0 Å². The van der Waals surface area contributed by atoms with Crippen molar-refractivity contribution in [2.24, 2.45) is 0 Å². The third kappa shape index (κ3) is 3.84. The fourth-order valence-corrected chi connectivity index (χ4v) is 3.61. The van der Waals surface area contributed by atoms with Crippen molar-refractivity contribution in [3.8, 4) is 0 Å². The van der Waals surface area contributed by atoms with Crippen LogP contribution in [-0.2, 0) is 22.6 Å². The summed E-state index contributed by atoms with van der Waals surface area (Å²) >= 11 is 0. The molecular weight excluding hydrogens is 345 g/mol. The summed E-state index contributed by atoms with van der Waals surface area (Å²) in [6.07, 6.45) is 2.38. The van der Waals surface area contributed by atoms with E-state index in [0.717, 1.165) is 22.0 Å². The molecule has 5 nitrogen and oxygen atoms in total. The monoisotopic (exact) mass is 365 g/mol. The van der Waals surface area contributed by atoms with Crippen molar-refractivity contribution >= 4 is 22.7 Å². The number of para-hydroxylation sites is 1. The van der Waals surface area contributed by atoms with Crippen LogP contribution in [0.4, 0.5) is 4.39 Å². The first-order valence-corrected chi connectivity index (χ1v) is 8.95. The molecule has 3 aromatic rings. The summed E-state index contributed by atoms with van der Waals surface area (Å²) in [6, 6.07) is 13.8. The van der Waals surface area contributed by atoms with Crippen molar-refractivity contribution in [3.05, 3.63) is 71.7 Å². The SMILES string of the molecule is O=C(Cc1c[nH]c2ccccc12)NC1CC(=O)N(Cc2cccc(F)c2)C1. The van der Waals surface area contributed by atoms with Crippen LogP contribution in [0.3, 0.4) is 0 Å². The molecule has 2 N–H and O–H groups in total. The third-order valence-corrected chi connectivity index (χ3v) is 4.87. The Labute approximate surface area is 156 Å². The van der Waals surface area contributed by atoms with Gasteiger partial charge in [0.05, 0.1) is 12.5 Å². The Morgan fingerprint density at radius 2 is 2.07 bits per heavy atom. The van der Waals surface area contributed by atoms with Gasteiger partial charge < -0.3 is 15.2 Å². The second kappa shape index (κ2) is 7.23. The molecule has 6 heteroatoms. The molecule has 0 spiro atoms. The first-order valence-electron chi connectivity index (χ1n) is 8.95. The van der Waals surface area contributed by atoms with Crippen LogP contribution >= 0.6 is 0 Å². The molecule has 138 valence electrons. The maximum atomic E-state index is 13.3. The van der Waals surface area contributed by atoms with E-state index in [1.54, 1.807) is 17.0 Å². The first kappa shape index (κ1) is 17.3. The Morgan fingerprint density at radius 1 is 1.22 bits per heavy atom. The summed E-state index contributed by atoms with van der Waals surface area (Å²) in [6.45, 7) is 0.792. The van der Waals surface area contributed by atoms with Gasteiger partial charge in [-0.05, 0) is 29.3 Å². The van der Waals surface area contributed by atoms with E-state index >= 15 is 0 Å². The van der Waals surface area contributed by atoms with Gasteiger partial charge in [0.1, 0.15) is 5.82 Å². The Kier molecular flexibility index (Phi) is 4.62. The molecule has 1 atom stereocenters. The zero-order valence-electron chi connectivity index (χ0n) is 14.7. The fraction of sp³-hybridized carbons (Fsp3) is 0.238. The molecule has 0 aliphatic carbocycles. The maximum absolute atomic E-state index is 13.3. The summed E-state index contributed by atoms with van der Waals surface area (Å²) in [5.41, 5.74) is 2.68. The number of benzene rings is 2.